The van der Waals surface area contributed by atoms with Crippen LogP contribution in [0.15, 0.2) is 48.5 Å². The van der Waals surface area contributed by atoms with E-state index in [1.54, 1.807) is 0 Å². The second-order valence-corrected chi connectivity index (χ2v) is 8.05. The minimum Gasteiger partial charge on any atom is -0.391 e. The molecule has 0 unspecified atom stereocenters. The van der Waals surface area contributed by atoms with Gasteiger partial charge in [-0.25, -0.2) is 0 Å². The molecular weight excluding hydrogens is 310 g/mol. The van der Waals surface area contributed by atoms with Crippen molar-refractivity contribution in [2.24, 2.45) is 0 Å². The molecule has 2 aromatic carbocycles. The molecule has 132 valence electrons. The van der Waals surface area contributed by atoms with Gasteiger partial charge in [0.2, 0.25) is 0 Å². The van der Waals surface area contributed by atoms with Crippen LogP contribution in [0.3, 0.4) is 0 Å². The predicted molar refractivity (Wildman–Crippen MR) is 99.6 cm³/mol. The quantitative estimate of drug-likeness (QED) is 0.819. The third kappa shape index (κ3) is 2.71. The van der Waals surface area contributed by atoms with Crippen molar-refractivity contribution >= 4 is 0 Å². The highest BCUT2D eigenvalue weighted by Gasteiger charge is 2.49. The van der Waals surface area contributed by atoms with Crippen LogP contribution in [0.5, 0.6) is 0 Å². The van der Waals surface area contributed by atoms with Gasteiger partial charge in [0.1, 0.15) is 18.7 Å². The van der Waals surface area contributed by atoms with Crippen LogP contribution < -0.4 is 0 Å². The number of fused-ring (bicyclic) bond motifs is 1. The summed E-state index contributed by atoms with van der Waals surface area (Å²) >= 11 is 0. The van der Waals surface area contributed by atoms with E-state index in [0.717, 1.165) is 30.4 Å². The van der Waals surface area contributed by atoms with Crippen LogP contribution in [-0.2, 0) is 10.3 Å². The fraction of sp³-hybridized carbons (Fsp3) is 0.455. The molecule has 0 amide bonds. The van der Waals surface area contributed by atoms with E-state index in [2.05, 4.69) is 62.6 Å². The molecule has 0 saturated heterocycles. The Bertz CT molecular complexity index is 721. The van der Waals surface area contributed by atoms with Crippen molar-refractivity contribution in [1.29, 1.82) is 0 Å². The first-order chi connectivity index (χ1) is 12.1. The summed E-state index contributed by atoms with van der Waals surface area (Å²) in [5.74, 6) is 0.513. The minimum absolute atomic E-state index is 0.214. The summed E-state index contributed by atoms with van der Waals surface area (Å²) < 4.78 is 7.47. The maximum atomic E-state index is 9.26. The number of nitrogens with zero attached hydrogens (tertiary/aromatic N) is 1. The highest BCUT2D eigenvalue weighted by atomic mass is 16.5. The van der Waals surface area contributed by atoms with Crippen LogP contribution in [0.1, 0.15) is 41.0 Å². The lowest BCUT2D eigenvalue weighted by atomic mass is 9.61. The van der Waals surface area contributed by atoms with Gasteiger partial charge >= 0.3 is 0 Å². The standard InChI is InChI=1S/C22H28NO2/c1-23(2,13-15-24)14-16-25-22-12-11-17(18-7-3-5-9-20(18)22)19-8-4-6-10-21(19)22/h3-10,17,24H,11-16H2,1-2H3/q+1. The number of benzene rings is 2. The van der Waals surface area contributed by atoms with Gasteiger partial charge < -0.3 is 14.3 Å². The molecule has 0 radical (unpaired) electrons. The van der Waals surface area contributed by atoms with Gasteiger partial charge in [0.15, 0.2) is 0 Å². The summed E-state index contributed by atoms with van der Waals surface area (Å²) in [6.45, 7) is 2.56. The summed E-state index contributed by atoms with van der Waals surface area (Å²) in [5, 5.41) is 9.26. The number of hydrogen-bond acceptors (Lipinski definition) is 2. The van der Waals surface area contributed by atoms with Gasteiger partial charge in [0, 0.05) is 5.92 Å². The number of likely N-dealkylation sites (N-methyl/N-ethyl adjacent to an activating group) is 1. The van der Waals surface area contributed by atoms with Crippen molar-refractivity contribution in [2.75, 3.05) is 40.4 Å². The normalized spacial score (nSPS) is 24.0. The maximum Gasteiger partial charge on any atom is 0.119 e. The smallest absolute Gasteiger partial charge is 0.119 e. The van der Waals surface area contributed by atoms with E-state index in [9.17, 15) is 5.11 Å². The second-order valence-electron chi connectivity index (χ2n) is 8.05. The van der Waals surface area contributed by atoms with Crippen LogP contribution in [0, 0.1) is 0 Å². The molecule has 0 spiro atoms. The van der Waals surface area contributed by atoms with E-state index in [1.807, 2.05) is 0 Å². The minimum atomic E-state index is -0.304. The van der Waals surface area contributed by atoms with Crippen LogP contribution in [-0.4, -0.2) is 50.0 Å². The number of aliphatic hydroxyl groups is 1. The second kappa shape index (κ2) is 6.24. The van der Waals surface area contributed by atoms with Gasteiger partial charge in [-0.05, 0) is 35.1 Å². The van der Waals surface area contributed by atoms with Crippen molar-refractivity contribution in [1.82, 2.24) is 0 Å². The molecule has 5 rings (SSSR count). The van der Waals surface area contributed by atoms with Crippen molar-refractivity contribution in [3.05, 3.63) is 70.8 Å². The Kier molecular flexibility index (Phi) is 4.19. The average Bonchev–Trinajstić information content (AvgIpc) is 2.62. The van der Waals surface area contributed by atoms with Crippen LogP contribution >= 0.6 is 0 Å². The highest BCUT2D eigenvalue weighted by molar-refractivity contribution is 5.57. The van der Waals surface area contributed by atoms with Gasteiger partial charge in [0.05, 0.1) is 27.3 Å². The van der Waals surface area contributed by atoms with E-state index in [-0.39, 0.29) is 12.2 Å². The molecule has 0 atom stereocenters. The molecule has 3 heteroatoms. The van der Waals surface area contributed by atoms with Crippen LogP contribution in [0.25, 0.3) is 0 Å². The molecule has 1 N–H and O–H groups in total. The summed E-state index contributed by atoms with van der Waals surface area (Å²) in [6, 6.07) is 17.6. The Hall–Kier alpha value is -1.68. The zero-order chi connectivity index (χ0) is 17.5. The predicted octanol–water partition coefficient (Wildman–Crippen LogP) is 3.25. The Morgan fingerprint density at radius 1 is 1.00 bits per heavy atom. The average molecular weight is 338 g/mol. The summed E-state index contributed by atoms with van der Waals surface area (Å²) in [4.78, 5) is 0. The monoisotopic (exact) mass is 338 g/mol. The van der Waals surface area contributed by atoms with Gasteiger partial charge in [-0.1, -0.05) is 48.5 Å². The van der Waals surface area contributed by atoms with E-state index in [1.165, 1.54) is 22.3 Å². The third-order valence-electron chi connectivity index (χ3n) is 6.08. The van der Waals surface area contributed by atoms with Crippen LogP contribution in [0.4, 0.5) is 0 Å². The Morgan fingerprint density at radius 3 is 2.20 bits per heavy atom. The molecule has 0 fully saturated rings. The van der Waals surface area contributed by atoms with E-state index < -0.39 is 0 Å². The van der Waals surface area contributed by atoms with Crippen molar-refractivity contribution < 1.29 is 14.3 Å². The van der Waals surface area contributed by atoms with E-state index >= 15 is 0 Å². The first-order valence-corrected chi connectivity index (χ1v) is 9.33. The fourth-order valence-corrected chi connectivity index (χ4v) is 4.66. The zero-order valence-corrected chi connectivity index (χ0v) is 15.2. The molecule has 3 nitrogen and oxygen atoms in total. The fourth-order valence-electron chi connectivity index (χ4n) is 4.66. The molecule has 0 saturated carbocycles. The van der Waals surface area contributed by atoms with Crippen molar-refractivity contribution in [3.8, 4) is 0 Å². The lowest BCUT2D eigenvalue weighted by Gasteiger charge is -2.49. The molecule has 3 aliphatic rings. The topological polar surface area (TPSA) is 29.5 Å². The first-order valence-electron chi connectivity index (χ1n) is 9.33. The maximum absolute atomic E-state index is 9.26. The molecule has 0 aliphatic heterocycles. The zero-order valence-electron chi connectivity index (χ0n) is 15.2. The lowest BCUT2D eigenvalue weighted by Crippen LogP contribution is -2.47. The largest absolute Gasteiger partial charge is 0.391 e. The van der Waals surface area contributed by atoms with Crippen molar-refractivity contribution in [3.63, 3.8) is 0 Å². The summed E-state index contributed by atoms with van der Waals surface area (Å²) in [5.41, 5.74) is 5.30. The molecule has 0 heterocycles. The SMILES string of the molecule is C[N+](C)(CCO)CCOC12CCC(c3ccccc31)c1ccccc12. The third-order valence-corrected chi connectivity index (χ3v) is 6.08. The van der Waals surface area contributed by atoms with E-state index in [0.29, 0.717) is 12.5 Å². The number of aliphatic hydroxyl groups excluding tert-OH is 1. The first kappa shape index (κ1) is 16.8. The van der Waals surface area contributed by atoms with Gasteiger partial charge in [-0.2, -0.15) is 0 Å². The molecular formula is C22H28NO2+. The van der Waals surface area contributed by atoms with E-state index in [4.69, 9.17) is 4.74 Å². The number of hydrogen-bond donors (Lipinski definition) is 1. The number of ether oxygens (including phenoxy) is 1. The molecule has 3 aliphatic carbocycles. The number of quaternary nitrogens is 1. The van der Waals surface area contributed by atoms with Crippen molar-refractivity contribution in [2.45, 2.75) is 24.4 Å². The highest BCUT2D eigenvalue weighted by Crippen LogP contribution is 2.56. The Morgan fingerprint density at radius 2 is 1.60 bits per heavy atom. The lowest BCUT2D eigenvalue weighted by molar-refractivity contribution is -0.891. The van der Waals surface area contributed by atoms with Gasteiger partial charge in [0.25, 0.3) is 0 Å². The van der Waals surface area contributed by atoms with Crippen LogP contribution in [0.2, 0.25) is 0 Å². The Balaban J connectivity index is 1.69. The Labute approximate surface area is 150 Å². The summed E-state index contributed by atoms with van der Waals surface area (Å²) in [6.07, 6.45) is 2.21. The molecule has 2 aromatic rings. The molecule has 2 bridgehead atoms. The number of rotatable bonds is 6. The van der Waals surface area contributed by atoms with Gasteiger partial charge in [-0.15, -0.1) is 0 Å². The molecule has 0 aromatic heterocycles. The summed E-state index contributed by atoms with van der Waals surface area (Å²) in [7, 11) is 4.30. The van der Waals surface area contributed by atoms with Gasteiger partial charge in [-0.3, -0.25) is 0 Å². The molecule has 25 heavy (non-hydrogen) atoms.